The van der Waals surface area contributed by atoms with Gasteiger partial charge in [-0.2, -0.15) is 0 Å². The zero-order valence-electron chi connectivity index (χ0n) is 16.5. The maximum absolute atomic E-state index is 12.1. The van der Waals surface area contributed by atoms with Gasteiger partial charge in [0.1, 0.15) is 0 Å². The van der Waals surface area contributed by atoms with Gasteiger partial charge in [0.2, 0.25) is 0 Å². The normalized spacial score (nSPS) is 14.5. The van der Waals surface area contributed by atoms with Gasteiger partial charge in [0.15, 0.2) is 0 Å². The van der Waals surface area contributed by atoms with E-state index in [2.05, 4.69) is 34.6 Å². The summed E-state index contributed by atoms with van der Waals surface area (Å²) in [6, 6.07) is 17.8. The van der Waals surface area contributed by atoms with Crippen molar-refractivity contribution in [3.8, 4) is 0 Å². The molecule has 0 radical (unpaired) electrons. The summed E-state index contributed by atoms with van der Waals surface area (Å²) in [6.45, 7) is 4.91. The lowest BCUT2D eigenvalue weighted by Gasteiger charge is -2.32. The van der Waals surface area contributed by atoms with Crippen molar-refractivity contribution in [2.45, 2.75) is 32.6 Å². The van der Waals surface area contributed by atoms with Crippen LogP contribution < -0.4 is 15.5 Å². The first kappa shape index (κ1) is 19.9. The molecule has 0 aromatic heterocycles. The number of nitrogens with one attached hydrogen (secondary N) is 2. The third-order valence-electron chi connectivity index (χ3n) is 5.25. The zero-order chi connectivity index (χ0) is 19.8. The van der Waals surface area contributed by atoms with E-state index in [4.69, 9.17) is 0 Å². The number of carbonyl (C=O) groups is 2. The average Bonchev–Trinajstić information content (AvgIpc) is 2.73. The van der Waals surface area contributed by atoms with Crippen LogP contribution >= 0.6 is 0 Å². The second-order valence-electron chi connectivity index (χ2n) is 7.52. The molecular formula is C23H29N3O2. The van der Waals surface area contributed by atoms with Gasteiger partial charge in [-0.25, -0.2) is 0 Å². The van der Waals surface area contributed by atoms with Crippen LogP contribution in [0.25, 0.3) is 0 Å². The number of benzene rings is 2. The summed E-state index contributed by atoms with van der Waals surface area (Å²) in [5.74, 6) is -0.428. The minimum Gasteiger partial charge on any atom is -0.372 e. The van der Waals surface area contributed by atoms with Crippen LogP contribution in [0.15, 0.2) is 54.6 Å². The van der Waals surface area contributed by atoms with Crippen molar-refractivity contribution < 1.29 is 9.59 Å². The van der Waals surface area contributed by atoms with Gasteiger partial charge in [0.05, 0.1) is 0 Å². The van der Waals surface area contributed by atoms with Gasteiger partial charge in [-0.1, -0.05) is 37.3 Å². The summed E-state index contributed by atoms with van der Waals surface area (Å²) in [6.07, 6.45) is 4.09. The minimum atomic E-state index is -0.626. The van der Waals surface area contributed by atoms with Crippen LogP contribution in [0, 0.1) is 5.92 Å². The lowest BCUT2D eigenvalue weighted by atomic mass is 9.99. The minimum absolute atomic E-state index is 0.480. The molecule has 1 aliphatic heterocycles. The Kier molecular flexibility index (Phi) is 7.06. The molecule has 1 fully saturated rings. The van der Waals surface area contributed by atoms with Gasteiger partial charge >= 0.3 is 11.8 Å². The molecule has 148 valence electrons. The molecule has 2 amide bonds. The largest absolute Gasteiger partial charge is 0.372 e. The van der Waals surface area contributed by atoms with Gasteiger partial charge in [0, 0.05) is 31.0 Å². The molecule has 0 bridgehead atoms. The molecule has 5 heteroatoms. The van der Waals surface area contributed by atoms with Crippen LogP contribution in [0.4, 0.5) is 11.4 Å². The van der Waals surface area contributed by atoms with Crippen LogP contribution in [-0.2, 0) is 16.0 Å². The number of aryl methyl sites for hydroxylation is 1. The van der Waals surface area contributed by atoms with E-state index in [1.807, 2.05) is 42.5 Å². The van der Waals surface area contributed by atoms with Crippen molar-refractivity contribution in [2.24, 2.45) is 5.92 Å². The van der Waals surface area contributed by atoms with E-state index >= 15 is 0 Å². The molecule has 0 unspecified atom stereocenters. The number of anilines is 2. The Morgan fingerprint density at radius 2 is 1.64 bits per heavy atom. The summed E-state index contributed by atoms with van der Waals surface area (Å²) in [7, 11) is 0. The van der Waals surface area contributed by atoms with Gasteiger partial charge in [-0.3, -0.25) is 9.59 Å². The number of hydrogen-bond acceptors (Lipinski definition) is 3. The maximum atomic E-state index is 12.1. The number of amides is 2. The summed E-state index contributed by atoms with van der Waals surface area (Å²) in [5, 5.41) is 5.35. The topological polar surface area (TPSA) is 61.4 Å². The van der Waals surface area contributed by atoms with Crippen molar-refractivity contribution in [3.63, 3.8) is 0 Å². The van der Waals surface area contributed by atoms with E-state index in [1.165, 1.54) is 18.4 Å². The predicted molar refractivity (Wildman–Crippen MR) is 113 cm³/mol. The lowest BCUT2D eigenvalue weighted by molar-refractivity contribution is -0.136. The van der Waals surface area contributed by atoms with E-state index in [-0.39, 0.29) is 0 Å². The summed E-state index contributed by atoms with van der Waals surface area (Å²) in [5.41, 5.74) is 3.03. The second kappa shape index (κ2) is 9.93. The summed E-state index contributed by atoms with van der Waals surface area (Å²) in [4.78, 5) is 26.4. The van der Waals surface area contributed by atoms with E-state index in [9.17, 15) is 9.59 Å². The van der Waals surface area contributed by atoms with Crippen LogP contribution in [-0.4, -0.2) is 31.4 Å². The Morgan fingerprint density at radius 3 is 2.32 bits per heavy atom. The highest BCUT2D eigenvalue weighted by molar-refractivity contribution is 6.39. The molecule has 2 aromatic rings. The van der Waals surface area contributed by atoms with Crippen molar-refractivity contribution in [1.82, 2.24) is 5.32 Å². The zero-order valence-corrected chi connectivity index (χ0v) is 16.5. The predicted octanol–water partition coefficient (Wildman–Crippen LogP) is 3.61. The highest BCUT2D eigenvalue weighted by atomic mass is 16.2. The van der Waals surface area contributed by atoms with Gasteiger partial charge in [0.25, 0.3) is 0 Å². The molecule has 1 aliphatic rings. The van der Waals surface area contributed by atoms with Crippen molar-refractivity contribution in [2.75, 3.05) is 29.9 Å². The first-order valence-corrected chi connectivity index (χ1v) is 10.1. The first-order valence-electron chi connectivity index (χ1n) is 10.1. The number of carbonyl (C=O) groups excluding carboxylic acids is 2. The second-order valence-corrected chi connectivity index (χ2v) is 7.52. The quantitative estimate of drug-likeness (QED) is 0.595. The Labute approximate surface area is 167 Å². The first-order chi connectivity index (χ1) is 13.6. The van der Waals surface area contributed by atoms with E-state index in [0.717, 1.165) is 37.5 Å². The van der Waals surface area contributed by atoms with Gasteiger partial charge in [-0.05, 0) is 61.4 Å². The van der Waals surface area contributed by atoms with E-state index in [0.29, 0.717) is 12.2 Å². The molecule has 0 spiro atoms. The van der Waals surface area contributed by atoms with E-state index < -0.39 is 11.8 Å². The van der Waals surface area contributed by atoms with Gasteiger partial charge < -0.3 is 15.5 Å². The highest BCUT2D eigenvalue weighted by Gasteiger charge is 2.16. The van der Waals surface area contributed by atoms with Crippen LogP contribution in [0.5, 0.6) is 0 Å². The fraction of sp³-hybridized carbons (Fsp3) is 0.391. The number of piperidine rings is 1. The molecule has 3 rings (SSSR count). The van der Waals surface area contributed by atoms with Gasteiger partial charge in [-0.15, -0.1) is 0 Å². The fourth-order valence-electron chi connectivity index (χ4n) is 3.43. The number of hydrogen-bond donors (Lipinski definition) is 2. The Morgan fingerprint density at radius 1 is 0.964 bits per heavy atom. The monoisotopic (exact) mass is 379 g/mol. The van der Waals surface area contributed by atoms with Crippen molar-refractivity contribution in [3.05, 3.63) is 60.2 Å². The molecule has 28 heavy (non-hydrogen) atoms. The Bertz CT molecular complexity index is 766. The highest BCUT2D eigenvalue weighted by Crippen LogP contribution is 2.24. The third-order valence-corrected chi connectivity index (χ3v) is 5.25. The SMILES string of the molecule is CC1CCN(c2ccc(NC(=O)C(=O)NCCCc3ccccc3)cc2)CC1. The molecule has 0 aliphatic carbocycles. The lowest BCUT2D eigenvalue weighted by Crippen LogP contribution is -2.36. The summed E-state index contributed by atoms with van der Waals surface area (Å²) >= 11 is 0. The Balaban J connectivity index is 1.40. The third kappa shape index (κ3) is 5.84. The smallest absolute Gasteiger partial charge is 0.313 e. The molecule has 1 heterocycles. The maximum Gasteiger partial charge on any atom is 0.313 e. The Hall–Kier alpha value is -2.82. The number of rotatable bonds is 6. The molecule has 5 nitrogen and oxygen atoms in total. The number of nitrogens with zero attached hydrogens (tertiary/aromatic N) is 1. The molecule has 2 N–H and O–H groups in total. The van der Waals surface area contributed by atoms with Crippen LogP contribution in [0.2, 0.25) is 0 Å². The molecule has 2 aromatic carbocycles. The van der Waals surface area contributed by atoms with Crippen LogP contribution in [0.1, 0.15) is 31.7 Å². The molecule has 1 saturated heterocycles. The van der Waals surface area contributed by atoms with Crippen molar-refractivity contribution >= 4 is 23.2 Å². The van der Waals surface area contributed by atoms with E-state index in [1.54, 1.807) is 0 Å². The molecular weight excluding hydrogens is 350 g/mol. The standard InChI is InChI=1S/C23H29N3O2/c1-18-13-16-26(17-14-18)21-11-9-20(10-12-21)25-23(28)22(27)24-15-5-8-19-6-3-2-4-7-19/h2-4,6-7,9-12,18H,5,8,13-17H2,1H3,(H,24,27)(H,25,28). The summed E-state index contributed by atoms with van der Waals surface area (Å²) < 4.78 is 0. The average molecular weight is 380 g/mol. The molecule has 0 saturated carbocycles. The van der Waals surface area contributed by atoms with Crippen molar-refractivity contribution in [1.29, 1.82) is 0 Å². The molecule has 0 atom stereocenters. The van der Waals surface area contributed by atoms with Crippen LogP contribution in [0.3, 0.4) is 0 Å². The fourth-order valence-corrected chi connectivity index (χ4v) is 3.43.